The Hall–Kier alpha value is -6.61. The average Bonchev–Trinajstić information content (AvgIpc) is 3.31. The molecule has 7 N–H and O–H groups in total. The van der Waals surface area contributed by atoms with Crippen molar-refractivity contribution in [2.45, 2.75) is 84.2 Å². The third kappa shape index (κ3) is 13.3. The third-order valence-electron chi connectivity index (χ3n) is 11.5. The molecule has 17 heteroatoms. The number of benzene rings is 3. The van der Waals surface area contributed by atoms with Crippen LogP contribution in [0.1, 0.15) is 92.0 Å². The number of Topliss-reactive ketones (excluding diaryl/α,β-unsaturated/α-hetero) is 3. The number of hydrogen-bond donors (Lipinski definition) is 4. The summed E-state index contributed by atoms with van der Waals surface area (Å²) in [6.07, 6.45) is 2.45. The summed E-state index contributed by atoms with van der Waals surface area (Å²) in [5.41, 5.74) is 20.6. The third-order valence-corrected chi connectivity index (χ3v) is 11.5. The van der Waals surface area contributed by atoms with Crippen LogP contribution >= 0.6 is 0 Å². The maximum absolute atomic E-state index is 14.9. The van der Waals surface area contributed by atoms with Crippen LogP contribution in [0.2, 0.25) is 0 Å². The number of ether oxygens (including phenoxy) is 3. The Bertz CT molecular complexity index is 2460. The number of nitriles is 1. The van der Waals surface area contributed by atoms with E-state index < -0.39 is 53.1 Å². The van der Waals surface area contributed by atoms with Crippen LogP contribution in [0.25, 0.3) is 22.5 Å². The van der Waals surface area contributed by atoms with Gasteiger partial charge in [-0.3, -0.25) is 24.0 Å². The van der Waals surface area contributed by atoms with Crippen molar-refractivity contribution in [2.75, 3.05) is 46.5 Å². The number of ketones is 3. The number of nitrogens with zero attached hydrogens (tertiary/aromatic N) is 4. The molecular formula is C50H61FN8O8. The number of fused-ring (bicyclic) bond motifs is 5. The van der Waals surface area contributed by atoms with Crippen LogP contribution in [0.3, 0.4) is 0 Å². The molecule has 2 amide bonds. The van der Waals surface area contributed by atoms with E-state index in [-0.39, 0.29) is 94.3 Å². The Morgan fingerprint density at radius 2 is 1.60 bits per heavy atom. The second-order valence-electron chi connectivity index (χ2n) is 16.6. The van der Waals surface area contributed by atoms with Gasteiger partial charge in [-0.05, 0) is 86.3 Å². The first-order chi connectivity index (χ1) is 32.2. The maximum atomic E-state index is 14.9. The van der Waals surface area contributed by atoms with E-state index in [1.165, 1.54) is 30.3 Å². The van der Waals surface area contributed by atoms with Crippen molar-refractivity contribution in [1.29, 1.82) is 5.26 Å². The molecule has 1 aliphatic heterocycles. The van der Waals surface area contributed by atoms with E-state index >= 15 is 0 Å². The zero-order valence-electron chi connectivity index (χ0n) is 38.6. The van der Waals surface area contributed by atoms with Gasteiger partial charge in [-0.2, -0.15) is 5.26 Å². The number of amides is 2. The van der Waals surface area contributed by atoms with E-state index in [9.17, 15) is 33.6 Å². The molecule has 5 rings (SSSR count). The molecule has 1 aromatic heterocycles. The van der Waals surface area contributed by atoms with E-state index in [1.807, 2.05) is 13.0 Å². The van der Waals surface area contributed by atoms with Crippen molar-refractivity contribution >= 4 is 29.2 Å². The van der Waals surface area contributed by atoms with Gasteiger partial charge in [0, 0.05) is 80.5 Å². The molecule has 4 aromatic rings. The molecule has 4 bridgehead atoms. The van der Waals surface area contributed by atoms with E-state index in [0.29, 0.717) is 51.6 Å². The van der Waals surface area contributed by atoms with Gasteiger partial charge in [0.2, 0.25) is 11.8 Å². The van der Waals surface area contributed by atoms with Crippen molar-refractivity contribution in [3.63, 3.8) is 0 Å². The lowest BCUT2D eigenvalue weighted by Crippen LogP contribution is -2.46. The van der Waals surface area contributed by atoms with Gasteiger partial charge in [-0.1, -0.05) is 32.4 Å². The standard InChI is InChI=1S/C50H61FN8O8/c1-5-6-20-65-46-14-11-34(27-39(46)51)48-56-29-38(31(3)57-48)42(61)28-35(15-17-53)50(64)59(4)47-33-10-13-45(67-22-19-55)37(26-33)36-24-32(9-12-44(36)66-21-18-54)25-40(41(60)8-7-16-52)58-49(63)30(2)23-43(47)62/h9-14,24,26-27,29-30,35,40,47H,5-8,15,17-23,25,28,53-55H2,1-4H3,(H,58,63)/t30-,35-,40+,47+/m1/s1. The molecule has 3 aromatic carbocycles. The first-order valence-corrected chi connectivity index (χ1v) is 22.7. The van der Waals surface area contributed by atoms with E-state index in [4.69, 9.17) is 31.4 Å². The van der Waals surface area contributed by atoms with Crippen LogP contribution in [0.15, 0.2) is 60.8 Å². The van der Waals surface area contributed by atoms with Crippen molar-refractivity contribution in [1.82, 2.24) is 20.2 Å². The number of carbonyl (C=O) groups excluding carboxylic acids is 5. The summed E-state index contributed by atoms with van der Waals surface area (Å²) in [5, 5.41) is 12.1. The Kier molecular flexibility index (Phi) is 19.0. The SMILES string of the molecule is CCCCOc1ccc(-c2ncc(C(=O)C[C@@H](CCN)C(=O)N(C)[C@@H]3C(=O)C[C@@H](C)C(=O)N[C@H](C(=O)CCC#N)Cc4ccc(OCCN)c(c4)-c4cc3ccc4OCCN)c(C)n2)cc1F. The quantitative estimate of drug-likeness (QED) is 0.0607. The number of nitrogens with one attached hydrogen (secondary N) is 1. The smallest absolute Gasteiger partial charge is 0.226 e. The number of nitrogens with two attached hydrogens (primary N) is 3. The van der Waals surface area contributed by atoms with Crippen LogP contribution in [-0.4, -0.2) is 96.6 Å². The summed E-state index contributed by atoms with van der Waals surface area (Å²) in [6.45, 7) is 6.32. The van der Waals surface area contributed by atoms with E-state index in [2.05, 4.69) is 15.3 Å². The van der Waals surface area contributed by atoms with Gasteiger partial charge in [0.25, 0.3) is 0 Å². The van der Waals surface area contributed by atoms with Gasteiger partial charge in [-0.25, -0.2) is 14.4 Å². The fraction of sp³-hybridized carbons (Fsp3) is 0.440. The molecule has 0 unspecified atom stereocenters. The summed E-state index contributed by atoms with van der Waals surface area (Å²) < 4.78 is 32.7. The number of unbranched alkanes of at least 4 members (excludes halogenated alkanes) is 1. The fourth-order valence-corrected chi connectivity index (χ4v) is 7.94. The maximum Gasteiger partial charge on any atom is 0.226 e. The predicted octanol–water partition coefficient (Wildman–Crippen LogP) is 5.36. The minimum atomic E-state index is -1.28. The number of halogens is 1. The highest BCUT2D eigenvalue weighted by atomic mass is 19.1. The monoisotopic (exact) mass is 920 g/mol. The molecule has 2 heterocycles. The molecule has 0 radical (unpaired) electrons. The van der Waals surface area contributed by atoms with Crippen LogP contribution in [-0.2, 0) is 25.6 Å². The Balaban J connectivity index is 1.53. The van der Waals surface area contributed by atoms with Crippen LogP contribution < -0.4 is 36.7 Å². The number of aryl methyl sites for hydroxylation is 1. The second kappa shape index (κ2) is 24.8. The van der Waals surface area contributed by atoms with Gasteiger partial charge >= 0.3 is 0 Å². The number of hydrogen-bond acceptors (Lipinski definition) is 14. The molecule has 356 valence electrons. The minimum Gasteiger partial charge on any atom is -0.492 e. The zero-order chi connectivity index (χ0) is 48.6. The van der Waals surface area contributed by atoms with Crippen molar-refractivity contribution in [3.8, 4) is 45.8 Å². The highest BCUT2D eigenvalue weighted by molar-refractivity contribution is 6.00. The Morgan fingerprint density at radius 1 is 0.925 bits per heavy atom. The lowest BCUT2D eigenvalue weighted by Gasteiger charge is -2.32. The molecular weight excluding hydrogens is 860 g/mol. The van der Waals surface area contributed by atoms with Gasteiger partial charge in [0.15, 0.2) is 34.7 Å². The van der Waals surface area contributed by atoms with Crippen LogP contribution in [0.4, 0.5) is 4.39 Å². The Labute approximate surface area is 390 Å². The minimum absolute atomic E-state index is 0.0407. The largest absolute Gasteiger partial charge is 0.492 e. The fourth-order valence-electron chi connectivity index (χ4n) is 7.94. The number of carbonyl (C=O) groups is 5. The number of likely N-dealkylation sites (N-methyl/N-ethyl adjacent to an activating group) is 1. The van der Waals surface area contributed by atoms with E-state index in [1.54, 1.807) is 56.3 Å². The van der Waals surface area contributed by atoms with Gasteiger partial charge in [0.1, 0.15) is 30.8 Å². The van der Waals surface area contributed by atoms with Crippen molar-refractivity contribution in [2.24, 2.45) is 29.0 Å². The van der Waals surface area contributed by atoms with E-state index in [0.717, 1.165) is 12.8 Å². The second-order valence-corrected chi connectivity index (χ2v) is 16.6. The predicted molar refractivity (Wildman–Crippen MR) is 249 cm³/mol. The number of rotatable bonds is 21. The highest BCUT2D eigenvalue weighted by Crippen LogP contribution is 2.41. The van der Waals surface area contributed by atoms with Crippen molar-refractivity contribution in [3.05, 3.63) is 89.0 Å². The Morgan fingerprint density at radius 3 is 2.24 bits per heavy atom. The molecule has 0 fully saturated rings. The summed E-state index contributed by atoms with van der Waals surface area (Å²) in [7, 11) is 1.47. The average molecular weight is 921 g/mol. The summed E-state index contributed by atoms with van der Waals surface area (Å²) >= 11 is 0. The van der Waals surface area contributed by atoms with Crippen LogP contribution in [0.5, 0.6) is 17.2 Å². The van der Waals surface area contributed by atoms with Gasteiger partial charge in [0.05, 0.1) is 30.0 Å². The summed E-state index contributed by atoms with van der Waals surface area (Å²) in [4.78, 5) is 80.9. The molecule has 1 aliphatic rings. The zero-order valence-corrected chi connectivity index (χ0v) is 38.6. The first-order valence-electron chi connectivity index (χ1n) is 22.7. The molecule has 67 heavy (non-hydrogen) atoms. The number of aromatic nitrogens is 2. The molecule has 0 aliphatic carbocycles. The summed E-state index contributed by atoms with van der Waals surface area (Å²) in [6, 6.07) is 14.5. The molecule has 16 nitrogen and oxygen atoms in total. The highest BCUT2D eigenvalue weighted by Gasteiger charge is 2.36. The molecule has 0 spiro atoms. The van der Waals surface area contributed by atoms with Gasteiger partial charge < -0.3 is 41.6 Å². The van der Waals surface area contributed by atoms with Gasteiger partial charge in [-0.15, -0.1) is 0 Å². The first kappa shape index (κ1) is 51.4. The normalized spacial score (nSPS) is 16.5. The molecule has 0 saturated heterocycles. The lowest BCUT2D eigenvalue weighted by molar-refractivity contribution is -0.142. The molecule has 4 atom stereocenters. The van der Waals surface area contributed by atoms with Crippen LogP contribution in [0, 0.1) is 35.9 Å². The van der Waals surface area contributed by atoms with Crippen molar-refractivity contribution < 1.29 is 42.6 Å². The lowest BCUT2D eigenvalue weighted by atomic mass is 9.88. The molecule has 0 saturated carbocycles. The summed E-state index contributed by atoms with van der Waals surface area (Å²) in [5.74, 6) is -3.77. The topological polar surface area (TPSA) is 256 Å².